The molecule has 1 aliphatic rings. The summed E-state index contributed by atoms with van der Waals surface area (Å²) < 4.78 is 0. The zero-order valence-corrected chi connectivity index (χ0v) is 9.51. The molecule has 1 N–H and O–H groups in total. The standard InChI is InChI=1S/C13H13NO3/c1-2-3-6-14-11-5-4-9(13(16)17)7-10(11)8-12(14)15/h2-5,7H,6,8H2,1H3,(H,16,17)/b3-2+. The van der Waals surface area contributed by atoms with Gasteiger partial charge in [-0.3, -0.25) is 4.79 Å². The smallest absolute Gasteiger partial charge is 0.335 e. The Kier molecular flexibility index (Phi) is 2.95. The average molecular weight is 231 g/mol. The predicted molar refractivity (Wildman–Crippen MR) is 64.3 cm³/mol. The number of allylic oxidation sites excluding steroid dienone is 1. The minimum absolute atomic E-state index is 0.0145. The fourth-order valence-corrected chi connectivity index (χ4v) is 1.93. The second-order valence-corrected chi connectivity index (χ2v) is 3.90. The van der Waals surface area contributed by atoms with Crippen molar-refractivity contribution in [2.75, 3.05) is 11.4 Å². The molecule has 0 aliphatic carbocycles. The van der Waals surface area contributed by atoms with Crippen LogP contribution >= 0.6 is 0 Å². The molecule has 1 amide bonds. The zero-order chi connectivity index (χ0) is 12.4. The van der Waals surface area contributed by atoms with Crippen LogP contribution in [-0.4, -0.2) is 23.5 Å². The maximum absolute atomic E-state index is 11.8. The molecule has 0 spiro atoms. The summed E-state index contributed by atoms with van der Waals surface area (Å²) in [7, 11) is 0. The highest BCUT2D eigenvalue weighted by Crippen LogP contribution is 2.29. The van der Waals surface area contributed by atoms with Gasteiger partial charge in [0.05, 0.1) is 12.0 Å². The molecule has 0 unspecified atom stereocenters. The molecule has 4 nitrogen and oxygen atoms in total. The van der Waals surface area contributed by atoms with Crippen LogP contribution in [0.15, 0.2) is 30.4 Å². The third-order valence-electron chi connectivity index (χ3n) is 2.78. The van der Waals surface area contributed by atoms with Gasteiger partial charge in [0.25, 0.3) is 0 Å². The van der Waals surface area contributed by atoms with E-state index in [1.807, 2.05) is 19.1 Å². The van der Waals surface area contributed by atoms with Gasteiger partial charge in [0.15, 0.2) is 0 Å². The van der Waals surface area contributed by atoms with Crippen LogP contribution in [0.3, 0.4) is 0 Å². The Hall–Kier alpha value is -2.10. The highest BCUT2D eigenvalue weighted by molar-refractivity contribution is 6.02. The molecule has 0 aromatic heterocycles. The van der Waals surface area contributed by atoms with Crippen LogP contribution in [0.2, 0.25) is 0 Å². The first-order valence-corrected chi connectivity index (χ1v) is 5.41. The SMILES string of the molecule is C/C=C/CN1C(=O)Cc2cc(C(=O)O)ccc21. The number of carbonyl (C=O) groups is 2. The molecule has 0 saturated heterocycles. The maximum atomic E-state index is 11.8. The van der Waals surface area contributed by atoms with Crippen LogP contribution in [0.25, 0.3) is 0 Å². The van der Waals surface area contributed by atoms with Gasteiger partial charge in [0.2, 0.25) is 5.91 Å². The quantitative estimate of drug-likeness (QED) is 0.808. The zero-order valence-electron chi connectivity index (χ0n) is 9.51. The number of anilines is 1. The Morgan fingerprint density at radius 3 is 2.94 bits per heavy atom. The monoisotopic (exact) mass is 231 g/mol. The lowest BCUT2D eigenvalue weighted by Crippen LogP contribution is -2.26. The van der Waals surface area contributed by atoms with E-state index in [1.165, 1.54) is 6.07 Å². The molecule has 1 aliphatic heterocycles. The van der Waals surface area contributed by atoms with E-state index in [9.17, 15) is 9.59 Å². The number of carboxylic acids is 1. The van der Waals surface area contributed by atoms with Gasteiger partial charge in [-0.15, -0.1) is 0 Å². The summed E-state index contributed by atoms with van der Waals surface area (Å²) in [5.41, 5.74) is 1.84. The number of carbonyl (C=O) groups excluding carboxylic acids is 1. The largest absolute Gasteiger partial charge is 0.478 e. The predicted octanol–water partition coefficient (Wildman–Crippen LogP) is 1.85. The number of carboxylic acid groups (broad SMARTS) is 1. The molecular weight excluding hydrogens is 218 g/mol. The van der Waals surface area contributed by atoms with E-state index >= 15 is 0 Å². The van der Waals surface area contributed by atoms with Crippen LogP contribution in [0, 0.1) is 0 Å². The van der Waals surface area contributed by atoms with Crippen molar-refractivity contribution in [3.8, 4) is 0 Å². The van der Waals surface area contributed by atoms with Crippen molar-refractivity contribution < 1.29 is 14.7 Å². The number of hydrogen-bond acceptors (Lipinski definition) is 2. The Balaban J connectivity index is 2.35. The van der Waals surface area contributed by atoms with Gasteiger partial charge in [0, 0.05) is 12.2 Å². The lowest BCUT2D eigenvalue weighted by Gasteiger charge is -2.14. The number of aromatic carboxylic acids is 1. The molecule has 0 fully saturated rings. The first kappa shape index (κ1) is 11.4. The van der Waals surface area contributed by atoms with Gasteiger partial charge >= 0.3 is 5.97 Å². The van der Waals surface area contributed by atoms with Gasteiger partial charge in [-0.25, -0.2) is 4.79 Å². The highest BCUT2D eigenvalue weighted by Gasteiger charge is 2.26. The Bertz CT molecular complexity index is 505. The van der Waals surface area contributed by atoms with Gasteiger partial charge in [-0.1, -0.05) is 12.2 Å². The summed E-state index contributed by atoms with van der Waals surface area (Å²) in [6, 6.07) is 4.81. The van der Waals surface area contributed by atoms with Crippen molar-refractivity contribution in [1.29, 1.82) is 0 Å². The number of hydrogen-bond donors (Lipinski definition) is 1. The van der Waals surface area contributed by atoms with Crippen LogP contribution in [0.1, 0.15) is 22.8 Å². The number of fused-ring (bicyclic) bond motifs is 1. The second kappa shape index (κ2) is 4.41. The van der Waals surface area contributed by atoms with Crippen LogP contribution in [0.5, 0.6) is 0 Å². The topological polar surface area (TPSA) is 57.6 Å². The fourth-order valence-electron chi connectivity index (χ4n) is 1.93. The van der Waals surface area contributed by atoms with Gasteiger partial charge in [0.1, 0.15) is 0 Å². The molecule has 2 rings (SSSR count). The first-order valence-electron chi connectivity index (χ1n) is 5.41. The van der Waals surface area contributed by atoms with E-state index in [0.717, 1.165) is 11.3 Å². The number of rotatable bonds is 3. The molecule has 1 aromatic carbocycles. The molecule has 4 heteroatoms. The van der Waals surface area contributed by atoms with E-state index in [1.54, 1.807) is 17.0 Å². The Morgan fingerprint density at radius 1 is 1.53 bits per heavy atom. The van der Waals surface area contributed by atoms with Crippen LogP contribution < -0.4 is 4.90 Å². The lowest BCUT2D eigenvalue weighted by atomic mass is 10.1. The summed E-state index contributed by atoms with van der Waals surface area (Å²) in [6.07, 6.45) is 4.07. The molecule has 17 heavy (non-hydrogen) atoms. The molecule has 88 valence electrons. The fraction of sp³-hybridized carbons (Fsp3) is 0.231. The average Bonchev–Trinajstić information content (AvgIpc) is 2.61. The normalized spacial score (nSPS) is 14.4. The summed E-state index contributed by atoms with van der Waals surface area (Å²) in [5.74, 6) is -0.951. The lowest BCUT2D eigenvalue weighted by molar-refractivity contribution is -0.117. The van der Waals surface area contributed by atoms with Gasteiger partial charge < -0.3 is 10.0 Å². The number of benzene rings is 1. The van der Waals surface area contributed by atoms with E-state index in [-0.39, 0.29) is 17.9 Å². The molecule has 0 radical (unpaired) electrons. The minimum Gasteiger partial charge on any atom is -0.478 e. The van der Waals surface area contributed by atoms with E-state index in [4.69, 9.17) is 5.11 Å². The van der Waals surface area contributed by atoms with Crippen molar-refractivity contribution >= 4 is 17.6 Å². The molecule has 0 saturated carbocycles. The molecule has 0 bridgehead atoms. The Morgan fingerprint density at radius 2 is 2.29 bits per heavy atom. The van der Waals surface area contributed by atoms with Gasteiger partial charge in [-0.2, -0.15) is 0 Å². The van der Waals surface area contributed by atoms with Crippen LogP contribution in [-0.2, 0) is 11.2 Å². The number of nitrogens with zero attached hydrogens (tertiary/aromatic N) is 1. The second-order valence-electron chi connectivity index (χ2n) is 3.90. The number of amides is 1. The minimum atomic E-state index is -0.966. The van der Waals surface area contributed by atoms with Crippen molar-refractivity contribution in [2.24, 2.45) is 0 Å². The summed E-state index contributed by atoms with van der Waals surface area (Å²) in [4.78, 5) is 24.3. The molecular formula is C13H13NO3. The van der Waals surface area contributed by atoms with Crippen molar-refractivity contribution in [3.63, 3.8) is 0 Å². The van der Waals surface area contributed by atoms with Crippen molar-refractivity contribution in [3.05, 3.63) is 41.5 Å². The van der Waals surface area contributed by atoms with E-state index in [0.29, 0.717) is 6.54 Å². The summed E-state index contributed by atoms with van der Waals surface area (Å²) >= 11 is 0. The highest BCUT2D eigenvalue weighted by atomic mass is 16.4. The summed E-state index contributed by atoms with van der Waals surface area (Å²) in [5, 5.41) is 8.88. The molecule has 1 heterocycles. The van der Waals surface area contributed by atoms with Crippen molar-refractivity contribution in [2.45, 2.75) is 13.3 Å². The third kappa shape index (κ3) is 2.06. The third-order valence-corrected chi connectivity index (χ3v) is 2.78. The maximum Gasteiger partial charge on any atom is 0.335 e. The van der Waals surface area contributed by atoms with Crippen LogP contribution in [0.4, 0.5) is 5.69 Å². The Labute approximate surface area is 99.2 Å². The van der Waals surface area contributed by atoms with E-state index in [2.05, 4.69) is 0 Å². The molecule has 1 aromatic rings. The van der Waals surface area contributed by atoms with E-state index < -0.39 is 5.97 Å². The molecule has 0 atom stereocenters. The first-order chi connectivity index (χ1) is 8.13. The van der Waals surface area contributed by atoms with Crippen molar-refractivity contribution in [1.82, 2.24) is 0 Å². The van der Waals surface area contributed by atoms with Gasteiger partial charge in [-0.05, 0) is 30.7 Å². The summed E-state index contributed by atoms with van der Waals surface area (Å²) in [6.45, 7) is 2.43.